The van der Waals surface area contributed by atoms with Crippen molar-refractivity contribution in [2.75, 3.05) is 19.6 Å². The highest BCUT2D eigenvalue weighted by Gasteiger charge is 2.46. The molecule has 1 aliphatic carbocycles. The maximum atomic E-state index is 12.6. The molecule has 0 radical (unpaired) electrons. The van der Waals surface area contributed by atoms with Gasteiger partial charge in [0, 0.05) is 43.7 Å². The van der Waals surface area contributed by atoms with E-state index in [0.717, 1.165) is 51.7 Å². The van der Waals surface area contributed by atoms with Gasteiger partial charge in [0.25, 0.3) is 5.91 Å². The van der Waals surface area contributed by atoms with Crippen LogP contribution in [0.15, 0.2) is 18.3 Å². The average Bonchev–Trinajstić information content (AvgIpc) is 3.23. The van der Waals surface area contributed by atoms with Crippen LogP contribution in [0, 0.1) is 5.41 Å². The van der Waals surface area contributed by atoms with E-state index in [9.17, 15) is 9.59 Å². The first-order valence-corrected chi connectivity index (χ1v) is 8.39. The highest BCUT2D eigenvalue weighted by atomic mass is 16.2. The Hall–Kier alpha value is -1.78. The Bertz CT molecular complexity index is 579. The van der Waals surface area contributed by atoms with Gasteiger partial charge in [0.1, 0.15) is 5.69 Å². The van der Waals surface area contributed by atoms with E-state index in [-0.39, 0.29) is 11.3 Å². The summed E-state index contributed by atoms with van der Waals surface area (Å²) in [5.74, 6) is 0.417. The first-order chi connectivity index (χ1) is 10.7. The highest BCUT2D eigenvalue weighted by molar-refractivity contribution is 5.92. The van der Waals surface area contributed by atoms with E-state index >= 15 is 0 Å². The number of hydrogen-bond donors (Lipinski definition) is 1. The molecule has 4 rings (SSSR count). The van der Waals surface area contributed by atoms with E-state index in [1.807, 2.05) is 17.0 Å². The Morgan fingerprint density at radius 3 is 2.86 bits per heavy atom. The summed E-state index contributed by atoms with van der Waals surface area (Å²) in [7, 11) is 0. The predicted octanol–water partition coefficient (Wildman–Crippen LogP) is 2.02. The lowest BCUT2D eigenvalue weighted by molar-refractivity contribution is -0.139. The molecule has 1 N–H and O–H groups in total. The monoisotopic (exact) mass is 301 g/mol. The first kappa shape index (κ1) is 13.9. The number of hydrogen-bond acceptors (Lipinski definition) is 2. The number of aromatic amines is 1. The van der Waals surface area contributed by atoms with Gasteiger partial charge in [-0.3, -0.25) is 9.59 Å². The topological polar surface area (TPSA) is 56.4 Å². The molecule has 0 aromatic carbocycles. The molecule has 3 aliphatic rings. The molecule has 5 heteroatoms. The minimum Gasteiger partial charge on any atom is -0.357 e. The summed E-state index contributed by atoms with van der Waals surface area (Å²) in [5.41, 5.74) is 0.791. The lowest BCUT2D eigenvalue weighted by Gasteiger charge is -2.48. The normalized spacial score (nSPS) is 29.2. The summed E-state index contributed by atoms with van der Waals surface area (Å²) in [6.07, 6.45) is 7.88. The summed E-state index contributed by atoms with van der Waals surface area (Å²) in [4.78, 5) is 31.8. The number of amides is 2. The molecular weight excluding hydrogens is 278 g/mol. The number of H-pyrrole nitrogens is 1. The Labute approximate surface area is 130 Å². The van der Waals surface area contributed by atoms with Gasteiger partial charge in [-0.2, -0.15) is 0 Å². The SMILES string of the molecule is O=C(c1ccc[nH]1)N1CCC[C@@]2(CCC(=O)N(C3CC3)C2)C1. The Balaban J connectivity index is 1.50. The number of carbonyl (C=O) groups excluding carboxylic acids is 2. The largest absolute Gasteiger partial charge is 0.357 e. The van der Waals surface area contributed by atoms with Crippen LogP contribution in [0.25, 0.3) is 0 Å². The molecule has 118 valence electrons. The quantitative estimate of drug-likeness (QED) is 0.908. The second kappa shape index (κ2) is 5.14. The predicted molar refractivity (Wildman–Crippen MR) is 82.3 cm³/mol. The van der Waals surface area contributed by atoms with E-state index in [2.05, 4.69) is 9.88 Å². The highest BCUT2D eigenvalue weighted by Crippen LogP contribution is 2.42. The molecule has 1 aromatic rings. The number of likely N-dealkylation sites (tertiary alicyclic amines) is 2. The lowest BCUT2D eigenvalue weighted by Crippen LogP contribution is -2.55. The number of carbonyl (C=O) groups is 2. The maximum Gasteiger partial charge on any atom is 0.270 e. The van der Waals surface area contributed by atoms with Crippen molar-refractivity contribution in [2.45, 2.75) is 44.6 Å². The molecule has 0 bridgehead atoms. The van der Waals surface area contributed by atoms with Crippen molar-refractivity contribution in [3.8, 4) is 0 Å². The van der Waals surface area contributed by atoms with Gasteiger partial charge < -0.3 is 14.8 Å². The van der Waals surface area contributed by atoms with Crippen molar-refractivity contribution in [1.82, 2.24) is 14.8 Å². The van der Waals surface area contributed by atoms with Gasteiger partial charge in [0.15, 0.2) is 0 Å². The van der Waals surface area contributed by atoms with Gasteiger partial charge in [-0.1, -0.05) is 0 Å². The Morgan fingerprint density at radius 2 is 2.14 bits per heavy atom. The zero-order valence-corrected chi connectivity index (χ0v) is 12.9. The van der Waals surface area contributed by atoms with Crippen LogP contribution in [0.3, 0.4) is 0 Å². The molecular formula is C17H23N3O2. The van der Waals surface area contributed by atoms with Crippen molar-refractivity contribution < 1.29 is 9.59 Å². The third-order valence-corrected chi connectivity index (χ3v) is 5.46. The fourth-order valence-corrected chi connectivity index (χ4v) is 4.11. The number of piperidine rings is 2. The standard InChI is InChI=1S/C17H23N3O2/c21-15-6-8-17(12-20(15)13-4-5-13)7-2-10-19(11-17)16(22)14-3-1-9-18-14/h1,3,9,13,18H,2,4-8,10-12H2/t17-/m1/s1. The molecule has 1 spiro atoms. The fourth-order valence-electron chi connectivity index (χ4n) is 4.11. The van der Waals surface area contributed by atoms with Crippen molar-refractivity contribution in [3.05, 3.63) is 24.0 Å². The van der Waals surface area contributed by atoms with Crippen LogP contribution in [0.5, 0.6) is 0 Å². The van der Waals surface area contributed by atoms with E-state index in [1.165, 1.54) is 0 Å². The molecule has 2 amide bonds. The van der Waals surface area contributed by atoms with Gasteiger partial charge >= 0.3 is 0 Å². The molecule has 1 aromatic heterocycles. The molecule has 0 unspecified atom stereocenters. The molecule has 22 heavy (non-hydrogen) atoms. The zero-order valence-electron chi connectivity index (χ0n) is 12.9. The summed E-state index contributed by atoms with van der Waals surface area (Å²) in [6.45, 7) is 2.48. The Kier molecular flexibility index (Phi) is 3.24. The van der Waals surface area contributed by atoms with Crippen molar-refractivity contribution in [2.24, 2.45) is 5.41 Å². The molecule has 1 atom stereocenters. The van der Waals surface area contributed by atoms with Crippen LogP contribution in [0.1, 0.15) is 49.0 Å². The first-order valence-electron chi connectivity index (χ1n) is 8.39. The number of aromatic nitrogens is 1. The molecule has 5 nitrogen and oxygen atoms in total. The third-order valence-electron chi connectivity index (χ3n) is 5.46. The van der Waals surface area contributed by atoms with Crippen LogP contribution in [0.4, 0.5) is 0 Å². The molecule has 3 fully saturated rings. The van der Waals surface area contributed by atoms with Gasteiger partial charge in [-0.05, 0) is 44.2 Å². The second-order valence-electron chi connectivity index (χ2n) is 7.17. The van der Waals surface area contributed by atoms with Crippen LogP contribution in [0.2, 0.25) is 0 Å². The average molecular weight is 301 g/mol. The van der Waals surface area contributed by atoms with Crippen LogP contribution in [-0.2, 0) is 4.79 Å². The maximum absolute atomic E-state index is 12.6. The minimum absolute atomic E-state index is 0.0962. The van der Waals surface area contributed by atoms with E-state index in [1.54, 1.807) is 6.20 Å². The summed E-state index contributed by atoms with van der Waals surface area (Å²) in [5, 5.41) is 0. The van der Waals surface area contributed by atoms with Crippen molar-refractivity contribution in [1.29, 1.82) is 0 Å². The molecule has 1 saturated carbocycles. The Morgan fingerprint density at radius 1 is 1.27 bits per heavy atom. The fraction of sp³-hybridized carbons (Fsp3) is 0.647. The van der Waals surface area contributed by atoms with Crippen LogP contribution in [-0.4, -0.2) is 52.3 Å². The molecule has 2 saturated heterocycles. The van der Waals surface area contributed by atoms with Crippen LogP contribution < -0.4 is 0 Å². The zero-order chi connectivity index (χ0) is 15.2. The number of nitrogens with zero attached hydrogens (tertiary/aromatic N) is 2. The molecule has 2 aliphatic heterocycles. The van der Waals surface area contributed by atoms with Gasteiger partial charge in [0.05, 0.1) is 0 Å². The van der Waals surface area contributed by atoms with E-state index in [0.29, 0.717) is 24.1 Å². The van der Waals surface area contributed by atoms with Crippen molar-refractivity contribution >= 4 is 11.8 Å². The van der Waals surface area contributed by atoms with Gasteiger partial charge in [-0.15, -0.1) is 0 Å². The lowest BCUT2D eigenvalue weighted by atomic mass is 9.73. The number of rotatable bonds is 2. The van der Waals surface area contributed by atoms with E-state index in [4.69, 9.17) is 0 Å². The molecule has 3 heterocycles. The van der Waals surface area contributed by atoms with Crippen LogP contribution >= 0.6 is 0 Å². The smallest absolute Gasteiger partial charge is 0.270 e. The second-order valence-corrected chi connectivity index (χ2v) is 7.17. The summed E-state index contributed by atoms with van der Waals surface area (Å²) >= 11 is 0. The summed E-state index contributed by atoms with van der Waals surface area (Å²) < 4.78 is 0. The minimum atomic E-state index is 0.0962. The van der Waals surface area contributed by atoms with Gasteiger partial charge in [0.2, 0.25) is 5.91 Å². The summed E-state index contributed by atoms with van der Waals surface area (Å²) in [6, 6.07) is 4.19. The number of nitrogens with one attached hydrogen (secondary N) is 1. The van der Waals surface area contributed by atoms with E-state index < -0.39 is 0 Å². The van der Waals surface area contributed by atoms with Crippen molar-refractivity contribution in [3.63, 3.8) is 0 Å². The third kappa shape index (κ3) is 2.42. The van der Waals surface area contributed by atoms with Gasteiger partial charge in [-0.25, -0.2) is 0 Å².